The maximum absolute atomic E-state index is 14.8. The summed E-state index contributed by atoms with van der Waals surface area (Å²) in [6, 6.07) is 15.2. The van der Waals surface area contributed by atoms with Crippen LogP contribution in [0.2, 0.25) is 0 Å². The third-order valence-corrected chi connectivity index (χ3v) is 6.57. The van der Waals surface area contributed by atoms with E-state index >= 15 is 0 Å². The summed E-state index contributed by atoms with van der Waals surface area (Å²) >= 11 is 0. The van der Waals surface area contributed by atoms with Gasteiger partial charge in [-0.1, -0.05) is 37.3 Å². The van der Waals surface area contributed by atoms with Crippen molar-refractivity contribution in [2.75, 3.05) is 11.1 Å². The topological polar surface area (TPSA) is 125 Å². The molecule has 186 valence electrons. The summed E-state index contributed by atoms with van der Waals surface area (Å²) in [6.07, 6.45) is 3.97. The molecule has 2 aromatic carbocycles. The number of para-hydroxylation sites is 1. The predicted octanol–water partition coefficient (Wildman–Crippen LogP) is 4.99. The lowest BCUT2D eigenvalue weighted by molar-refractivity contribution is 0.508. The molecule has 9 nitrogen and oxygen atoms in total. The van der Waals surface area contributed by atoms with E-state index in [2.05, 4.69) is 25.5 Å². The molecular weight excluding hydrogens is 473 g/mol. The molecule has 1 aliphatic rings. The van der Waals surface area contributed by atoms with Crippen LogP contribution in [0.15, 0.2) is 70.1 Å². The molecule has 1 fully saturated rings. The maximum Gasteiger partial charge on any atom is 0.266 e. The van der Waals surface area contributed by atoms with E-state index in [4.69, 9.17) is 10.2 Å². The fourth-order valence-electron chi connectivity index (χ4n) is 4.54. The van der Waals surface area contributed by atoms with E-state index in [1.165, 1.54) is 17.0 Å². The smallest absolute Gasteiger partial charge is 0.266 e. The Balaban J connectivity index is 1.50. The zero-order chi connectivity index (χ0) is 25.5. The van der Waals surface area contributed by atoms with Crippen molar-refractivity contribution in [3.63, 3.8) is 0 Å². The van der Waals surface area contributed by atoms with E-state index in [0.29, 0.717) is 40.5 Å². The van der Waals surface area contributed by atoms with E-state index in [1.54, 1.807) is 12.1 Å². The number of pyridine rings is 1. The van der Waals surface area contributed by atoms with Gasteiger partial charge in [0.15, 0.2) is 0 Å². The van der Waals surface area contributed by atoms with Gasteiger partial charge in [0, 0.05) is 17.3 Å². The molecule has 0 radical (unpaired) electrons. The Morgan fingerprint density at radius 2 is 1.95 bits per heavy atom. The van der Waals surface area contributed by atoms with Crippen LogP contribution in [0.3, 0.4) is 0 Å². The zero-order valence-electron chi connectivity index (χ0n) is 20.1. The number of halogens is 1. The number of hydrogen-bond donors (Lipinski definition) is 2. The summed E-state index contributed by atoms with van der Waals surface area (Å²) in [4.78, 5) is 22.2. The predicted molar refractivity (Wildman–Crippen MR) is 138 cm³/mol. The molecule has 0 spiro atoms. The Morgan fingerprint density at radius 3 is 2.70 bits per heavy atom. The Kier molecular flexibility index (Phi) is 5.63. The van der Waals surface area contributed by atoms with Crippen molar-refractivity contribution in [3.8, 4) is 17.1 Å². The van der Waals surface area contributed by atoms with E-state index in [0.717, 1.165) is 12.8 Å². The van der Waals surface area contributed by atoms with Crippen molar-refractivity contribution >= 4 is 22.4 Å². The average Bonchev–Trinajstić information content (AvgIpc) is 3.65. The molecule has 10 heteroatoms. The highest BCUT2D eigenvalue weighted by molar-refractivity contribution is 5.83. The highest BCUT2D eigenvalue weighted by Crippen LogP contribution is 2.41. The summed E-state index contributed by atoms with van der Waals surface area (Å²) < 4.78 is 22.2. The second-order valence-electron chi connectivity index (χ2n) is 9.06. The monoisotopic (exact) mass is 497 g/mol. The van der Waals surface area contributed by atoms with Crippen molar-refractivity contribution in [1.29, 1.82) is 0 Å². The standard InChI is InChI=1S/C27H24FN7O2/c1-2-19(32-24-22(23(29)30-14-31-24)26-34-33-25(37-26)15-11-12-15)20-13-16-7-6-10-18(28)21(16)27(36)35(20)17-8-4-3-5-9-17/h3-10,13-15,19H,2,11-12H2,1H3,(H3,29,30,31,32)/t19-/m0/s1. The van der Waals surface area contributed by atoms with Gasteiger partial charge in [0.05, 0.1) is 11.4 Å². The van der Waals surface area contributed by atoms with Crippen LogP contribution >= 0.6 is 0 Å². The van der Waals surface area contributed by atoms with Crippen molar-refractivity contribution in [2.24, 2.45) is 0 Å². The van der Waals surface area contributed by atoms with Gasteiger partial charge in [-0.3, -0.25) is 9.36 Å². The zero-order valence-corrected chi connectivity index (χ0v) is 20.1. The van der Waals surface area contributed by atoms with Gasteiger partial charge in [-0.2, -0.15) is 0 Å². The SMILES string of the molecule is CC[C@H](Nc1ncnc(N)c1-c1nnc(C2CC2)o1)c1cc2cccc(F)c2c(=O)n1-c1ccccc1. The lowest BCUT2D eigenvalue weighted by Crippen LogP contribution is -2.27. The molecule has 5 aromatic rings. The minimum Gasteiger partial charge on any atom is -0.420 e. The molecule has 0 unspecified atom stereocenters. The van der Waals surface area contributed by atoms with Crippen LogP contribution in [-0.2, 0) is 0 Å². The van der Waals surface area contributed by atoms with Gasteiger partial charge >= 0.3 is 0 Å². The van der Waals surface area contributed by atoms with Gasteiger partial charge in [0.2, 0.25) is 5.89 Å². The number of nitrogen functional groups attached to an aromatic ring is 1. The Labute approximate surface area is 211 Å². The Morgan fingerprint density at radius 1 is 1.14 bits per heavy atom. The normalized spacial score (nSPS) is 14.1. The molecule has 37 heavy (non-hydrogen) atoms. The van der Waals surface area contributed by atoms with Crippen molar-refractivity contribution in [1.82, 2.24) is 24.7 Å². The van der Waals surface area contributed by atoms with Gasteiger partial charge in [0.1, 0.15) is 29.3 Å². The third-order valence-electron chi connectivity index (χ3n) is 6.57. The van der Waals surface area contributed by atoms with E-state index in [-0.39, 0.29) is 23.0 Å². The van der Waals surface area contributed by atoms with Gasteiger partial charge < -0.3 is 15.5 Å². The second-order valence-corrected chi connectivity index (χ2v) is 9.06. The first-order valence-corrected chi connectivity index (χ1v) is 12.2. The molecule has 0 aliphatic heterocycles. The Hall–Kier alpha value is -4.60. The van der Waals surface area contributed by atoms with Crippen LogP contribution < -0.4 is 16.6 Å². The molecule has 3 N–H and O–H groups in total. The lowest BCUT2D eigenvalue weighted by Gasteiger charge is -2.24. The minimum atomic E-state index is -0.562. The first kappa shape index (κ1) is 22.8. The van der Waals surface area contributed by atoms with Crippen LogP contribution in [0, 0.1) is 5.82 Å². The van der Waals surface area contributed by atoms with Crippen LogP contribution in [0.4, 0.5) is 16.0 Å². The minimum absolute atomic E-state index is 0.0374. The number of hydrogen-bond acceptors (Lipinski definition) is 8. The number of nitrogens with one attached hydrogen (secondary N) is 1. The van der Waals surface area contributed by atoms with Crippen LogP contribution in [-0.4, -0.2) is 24.7 Å². The highest BCUT2D eigenvalue weighted by Gasteiger charge is 2.31. The first-order chi connectivity index (χ1) is 18.0. The number of anilines is 2. The molecule has 3 aromatic heterocycles. The van der Waals surface area contributed by atoms with Crippen LogP contribution in [0.1, 0.15) is 49.7 Å². The molecule has 0 bridgehead atoms. The molecule has 1 atom stereocenters. The number of rotatable bonds is 7. The van der Waals surface area contributed by atoms with Crippen LogP contribution in [0.25, 0.3) is 27.9 Å². The quantitative estimate of drug-likeness (QED) is 0.322. The maximum atomic E-state index is 14.8. The largest absolute Gasteiger partial charge is 0.420 e. The summed E-state index contributed by atoms with van der Waals surface area (Å²) in [5.74, 6) is 1.12. The fourth-order valence-corrected chi connectivity index (χ4v) is 4.54. The summed E-state index contributed by atoms with van der Waals surface area (Å²) in [5, 5.41) is 12.3. The van der Waals surface area contributed by atoms with Gasteiger partial charge in [-0.05, 0) is 48.9 Å². The summed E-state index contributed by atoms with van der Waals surface area (Å²) in [5.41, 5.74) is 7.46. The first-order valence-electron chi connectivity index (χ1n) is 12.2. The fraction of sp³-hybridized carbons (Fsp3) is 0.222. The lowest BCUT2D eigenvalue weighted by atomic mass is 10.0. The van der Waals surface area contributed by atoms with E-state index in [9.17, 15) is 9.18 Å². The molecular formula is C27H24FN7O2. The van der Waals surface area contributed by atoms with Gasteiger partial charge in [0.25, 0.3) is 11.4 Å². The summed E-state index contributed by atoms with van der Waals surface area (Å²) in [7, 11) is 0. The van der Waals surface area contributed by atoms with Crippen LogP contribution in [0.5, 0.6) is 0 Å². The number of aromatic nitrogens is 5. The molecule has 1 saturated carbocycles. The van der Waals surface area contributed by atoms with Crippen molar-refractivity contribution < 1.29 is 8.81 Å². The number of nitrogens with zero attached hydrogens (tertiary/aromatic N) is 5. The summed E-state index contributed by atoms with van der Waals surface area (Å²) in [6.45, 7) is 1.98. The number of fused-ring (bicyclic) bond motifs is 1. The van der Waals surface area contributed by atoms with Gasteiger partial charge in [-0.25, -0.2) is 14.4 Å². The molecule has 0 saturated heterocycles. The average molecular weight is 498 g/mol. The number of nitrogens with two attached hydrogens (primary N) is 1. The third kappa shape index (κ3) is 4.10. The second kappa shape index (κ2) is 9.12. The molecule has 6 rings (SSSR count). The van der Waals surface area contributed by atoms with Crippen molar-refractivity contribution in [3.05, 3.63) is 88.7 Å². The molecule has 0 amide bonds. The van der Waals surface area contributed by atoms with Crippen molar-refractivity contribution in [2.45, 2.75) is 38.1 Å². The molecule has 3 heterocycles. The highest BCUT2D eigenvalue weighted by atomic mass is 19.1. The van der Waals surface area contributed by atoms with Gasteiger partial charge in [-0.15, -0.1) is 10.2 Å². The Bertz CT molecular complexity index is 1660. The molecule has 1 aliphatic carbocycles. The van der Waals surface area contributed by atoms with E-state index < -0.39 is 17.4 Å². The van der Waals surface area contributed by atoms with E-state index in [1.807, 2.05) is 43.3 Å². The number of benzene rings is 2.